The topological polar surface area (TPSA) is 95.9 Å². The molecule has 1 saturated heterocycles. The predicted molar refractivity (Wildman–Crippen MR) is 151 cm³/mol. The number of benzene rings is 1. The van der Waals surface area contributed by atoms with Crippen LogP contribution in [0.25, 0.3) is 10.9 Å². The number of carbonyl (C=O) groups excluding carboxylic acids is 3. The smallest absolute Gasteiger partial charge is 0.270 e. The van der Waals surface area contributed by atoms with Crippen molar-refractivity contribution in [3.05, 3.63) is 30.0 Å². The molecule has 1 aliphatic heterocycles. The molecule has 1 aromatic heterocycles. The Morgan fingerprint density at radius 1 is 1.08 bits per heavy atom. The van der Waals surface area contributed by atoms with Crippen LogP contribution >= 0.6 is 12.4 Å². The van der Waals surface area contributed by atoms with Crippen molar-refractivity contribution in [2.75, 3.05) is 33.8 Å². The van der Waals surface area contributed by atoms with E-state index < -0.39 is 6.04 Å². The molecule has 2 fully saturated rings. The highest BCUT2D eigenvalue weighted by molar-refractivity contribution is 5.99. The van der Waals surface area contributed by atoms with E-state index in [9.17, 15) is 14.4 Å². The predicted octanol–water partition coefficient (Wildman–Crippen LogP) is 2.95. The number of methoxy groups -OCH3 is 1. The van der Waals surface area contributed by atoms with E-state index >= 15 is 0 Å². The second kappa shape index (κ2) is 12.8. The van der Waals surface area contributed by atoms with Crippen LogP contribution in [0.1, 0.15) is 56.4 Å². The van der Waals surface area contributed by atoms with Gasteiger partial charge >= 0.3 is 0 Å². The number of ether oxygens (including phenoxy) is 1. The van der Waals surface area contributed by atoms with Crippen molar-refractivity contribution in [1.29, 1.82) is 0 Å². The van der Waals surface area contributed by atoms with Crippen molar-refractivity contribution in [3.63, 3.8) is 0 Å². The van der Waals surface area contributed by atoms with Crippen LogP contribution < -0.4 is 15.4 Å². The summed E-state index contributed by atoms with van der Waals surface area (Å²) >= 11 is 0. The number of amides is 3. The number of piperazine rings is 1. The van der Waals surface area contributed by atoms with Crippen LogP contribution in [0.15, 0.2) is 24.3 Å². The van der Waals surface area contributed by atoms with Crippen molar-refractivity contribution in [2.24, 2.45) is 13.0 Å². The average molecular weight is 548 g/mol. The molecule has 1 aliphatic carbocycles. The van der Waals surface area contributed by atoms with Crippen LogP contribution in [0.4, 0.5) is 0 Å². The molecule has 3 amide bonds. The van der Waals surface area contributed by atoms with Gasteiger partial charge in [0.15, 0.2) is 0 Å². The fraction of sp³-hybridized carbons (Fsp3) is 0.607. The van der Waals surface area contributed by atoms with E-state index in [2.05, 4.69) is 10.6 Å². The quantitative estimate of drug-likeness (QED) is 0.555. The minimum atomic E-state index is -0.526. The maximum absolute atomic E-state index is 13.8. The molecule has 10 heteroatoms. The second-order valence-electron chi connectivity index (χ2n) is 10.5. The number of carbonyl (C=O) groups is 3. The highest BCUT2D eigenvalue weighted by atomic mass is 35.5. The van der Waals surface area contributed by atoms with Gasteiger partial charge < -0.3 is 29.7 Å². The Balaban J connectivity index is 0.00000400. The van der Waals surface area contributed by atoms with Crippen LogP contribution in [0.3, 0.4) is 0 Å². The van der Waals surface area contributed by atoms with Crippen LogP contribution in [0.5, 0.6) is 5.75 Å². The number of rotatable bonds is 7. The highest BCUT2D eigenvalue weighted by Gasteiger charge is 2.38. The first-order valence-electron chi connectivity index (χ1n) is 13.5. The fourth-order valence-corrected chi connectivity index (χ4v) is 5.71. The summed E-state index contributed by atoms with van der Waals surface area (Å²) in [5, 5.41) is 7.01. The number of hydrogen-bond donors (Lipinski definition) is 2. The van der Waals surface area contributed by atoms with Crippen LogP contribution in [0.2, 0.25) is 0 Å². The molecule has 0 radical (unpaired) electrons. The van der Waals surface area contributed by atoms with Crippen molar-refractivity contribution in [2.45, 2.75) is 64.1 Å². The summed E-state index contributed by atoms with van der Waals surface area (Å²) in [6.07, 6.45) is 5.24. The molecule has 0 spiro atoms. The van der Waals surface area contributed by atoms with Crippen LogP contribution in [-0.2, 0) is 16.6 Å². The van der Waals surface area contributed by atoms with Gasteiger partial charge in [-0.05, 0) is 57.9 Å². The lowest BCUT2D eigenvalue weighted by Gasteiger charge is -2.43. The fourth-order valence-electron chi connectivity index (χ4n) is 5.71. The molecule has 3 atom stereocenters. The molecular formula is C28H42ClN5O4. The summed E-state index contributed by atoms with van der Waals surface area (Å²) < 4.78 is 7.24. The zero-order valence-electron chi connectivity index (χ0n) is 23.2. The Kier molecular flexibility index (Phi) is 10.1. The van der Waals surface area contributed by atoms with Gasteiger partial charge in [-0.15, -0.1) is 12.4 Å². The Bertz CT molecular complexity index is 1150. The number of nitrogens with zero attached hydrogens (tertiary/aromatic N) is 3. The molecule has 38 heavy (non-hydrogen) atoms. The molecule has 210 valence electrons. The molecule has 1 aromatic carbocycles. The third kappa shape index (κ3) is 6.10. The molecule has 9 nitrogen and oxygen atoms in total. The first-order chi connectivity index (χ1) is 17.7. The zero-order valence-corrected chi connectivity index (χ0v) is 24.0. The molecule has 2 aromatic rings. The Hall–Kier alpha value is -2.78. The van der Waals surface area contributed by atoms with Crippen molar-refractivity contribution >= 4 is 41.0 Å². The van der Waals surface area contributed by atoms with E-state index in [4.69, 9.17) is 4.74 Å². The molecular weight excluding hydrogens is 506 g/mol. The van der Waals surface area contributed by atoms with Crippen LogP contribution in [0, 0.1) is 5.92 Å². The first-order valence-corrected chi connectivity index (χ1v) is 13.5. The zero-order chi connectivity index (χ0) is 26.7. The van der Waals surface area contributed by atoms with Crippen LogP contribution in [-0.4, -0.2) is 84.0 Å². The van der Waals surface area contributed by atoms with Gasteiger partial charge in [0.25, 0.3) is 5.91 Å². The van der Waals surface area contributed by atoms with E-state index in [0.717, 1.165) is 42.3 Å². The Morgan fingerprint density at radius 3 is 2.42 bits per heavy atom. The molecule has 4 rings (SSSR count). The van der Waals surface area contributed by atoms with Gasteiger partial charge in [-0.25, -0.2) is 0 Å². The standard InChI is InChI=1S/C28H41N5O4.ClH/c1-18-17-32(27(35)24-15-21-11-12-22(37-5)16-23(21)31(24)4)13-14-33(18)28(36)25(20-9-7-6-8-10-20)30-26(34)19(2)29-3;/h11-12,15-16,18-20,25,29H,6-10,13-14,17H2,1-5H3,(H,30,34);1H/t18-,19+,25+;/m1./s1. The monoisotopic (exact) mass is 547 g/mol. The number of hydrogen-bond acceptors (Lipinski definition) is 5. The number of nitrogens with one attached hydrogen (secondary N) is 2. The van der Waals surface area contributed by atoms with Gasteiger partial charge in [0.05, 0.1) is 18.7 Å². The highest BCUT2D eigenvalue weighted by Crippen LogP contribution is 2.29. The Morgan fingerprint density at radius 2 is 1.79 bits per heavy atom. The number of aromatic nitrogens is 1. The molecule has 2 aliphatic rings. The van der Waals surface area contributed by atoms with Crippen molar-refractivity contribution < 1.29 is 19.1 Å². The maximum atomic E-state index is 13.8. The molecule has 0 bridgehead atoms. The minimum absolute atomic E-state index is 0. The minimum Gasteiger partial charge on any atom is -0.497 e. The van der Waals surface area contributed by atoms with Gasteiger partial charge in [0.2, 0.25) is 11.8 Å². The third-order valence-corrected chi connectivity index (χ3v) is 8.18. The van der Waals surface area contributed by atoms with E-state index in [1.165, 1.54) is 6.42 Å². The average Bonchev–Trinajstić information content (AvgIpc) is 3.26. The lowest BCUT2D eigenvalue weighted by Crippen LogP contribution is -2.62. The van der Waals surface area contributed by atoms with Gasteiger partial charge in [0, 0.05) is 44.2 Å². The van der Waals surface area contributed by atoms with Crippen molar-refractivity contribution in [3.8, 4) is 5.75 Å². The van der Waals surface area contributed by atoms with E-state index in [1.54, 1.807) is 21.1 Å². The maximum Gasteiger partial charge on any atom is 0.270 e. The largest absolute Gasteiger partial charge is 0.497 e. The number of likely N-dealkylation sites (N-methyl/N-ethyl adjacent to an activating group) is 1. The summed E-state index contributed by atoms with van der Waals surface area (Å²) in [6, 6.07) is 6.65. The second-order valence-corrected chi connectivity index (χ2v) is 10.5. The van der Waals surface area contributed by atoms with E-state index in [-0.39, 0.29) is 48.1 Å². The lowest BCUT2D eigenvalue weighted by atomic mass is 9.83. The summed E-state index contributed by atoms with van der Waals surface area (Å²) in [4.78, 5) is 43.7. The summed E-state index contributed by atoms with van der Waals surface area (Å²) in [7, 11) is 5.26. The van der Waals surface area contributed by atoms with E-state index in [1.807, 2.05) is 52.6 Å². The van der Waals surface area contributed by atoms with Crippen molar-refractivity contribution in [1.82, 2.24) is 25.0 Å². The molecule has 1 saturated carbocycles. The first kappa shape index (κ1) is 29.8. The molecule has 2 heterocycles. The summed E-state index contributed by atoms with van der Waals surface area (Å²) in [5.41, 5.74) is 1.55. The molecule has 0 unspecified atom stereocenters. The normalized spacial score (nSPS) is 20.0. The SMILES string of the molecule is CN[C@@H](C)C(=O)N[C@H](C(=O)N1CCN(C(=O)c2cc3ccc(OC)cc3n2C)C[C@H]1C)C1CCCCC1.Cl. The number of aryl methyl sites for hydroxylation is 1. The Labute approximate surface area is 231 Å². The number of halogens is 1. The lowest BCUT2D eigenvalue weighted by molar-refractivity contribution is -0.142. The summed E-state index contributed by atoms with van der Waals surface area (Å²) in [5.74, 6) is 0.669. The van der Waals surface area contributed by atoms with Gasteiger partial charge in [-0.1, -0.05) is 19.3 Å². The molecule has 2 N–H and O–H groups in total. The van der Waals surface area contributed by atoms with E-state index in [0.29, 0.717) is 25.3 Å². The van der Waals surface area contributed by atoms with Gasteiger partial charge in [0.1, 0.15) is 17.5 Å². The van der Waals surface area contributed by atoms with Gasteiger partial charge in [-0.3, -0.25) is 14.4 Å². The summed E-state index contributed by atoms with van der Waals surface area (Å²) in [6.45, 7) is 5.14. The van der Waals surface area contributed by atoms with Gasteiger partial charge in [-0.2, -0.15) is 0 Å². The number of fused-ring (bicyclic) bond motifs is 1. The third-order valence-electron chi connectivity index (χ3n) is 8.18.